The number of hydrazone groups is 1. The minimum Gasteiger partial charge on any atom is -0.496 e. The number of amides is 1. The molecule has 1 amide bonds. The number of hydrogen-bond donors (Lipinski definition) is 1. The molecule has 0 aliphatic rings. The molecule has 0 unspecified atom stereocenters. The van der Waals surface area contributed by atoms with Crippen molar-refractivity contribution in [2.45, 2.75) is 13.8 Å². The summed E-state index contributed by atoms with van der Waals surface area (Å²) in [4.78, 5) is 16.7. The van der Waals surface area contributed by atoms with Crippen LogP contribution in [0.15, 0.2) is 52.0 Å². The maximum atomic E-state index is 12.4. The lowest BCUT2D eigenvalue weighted by Gasteiger charge is -2.04. The Hall–Kier alpha value is -3.61. The number of nitrogens with zero attached hydrogens (tertiary/aromatic N) is 2. The second kappa shape index (κ2) is 8.39. The lowest BCUT2D eigenvalue weighted by molar-refractivity contribution is 0.0927. The standard InChI is InChI=1S/C21H21N3O4/c1-13-11-15(9-10-17(13)26-3)12-22-24-20(25)19-14(2)23-21(28-19)16-7-5-6-8-18(16)27-4/h5-12H,1-4H3,(H,24,25). The highest BCUT2D eigenvalue weighted by Gasteiger charge is 2.19. The smallest absolute Gasteiger partial charge is 0.309 e. The van der Waals surface area contributed by atoms with Crippen molar-refractivity contribution in [3.63, 3.8) is 0 Å². The number of carbonyl (C=O) groups excluding carboxylic acids is 1. The molecule has 0 radical (unpaired) electrons. The first-order valence-corrected chi connectivity index (χ1v) is 8.62. The summed E-state index contributed by atoms with van der Waals surface area (Å²) in [5, 5.41) is 3.99. The van der Waals surface area contributed by atoms with E-state index in [1.807, 2.05) is 43.3 Å². The zero-order chi connectivity index (χ0) is 20.1. The fraction of sp³-hybridized carbons (Fsp3) is 0.190. The van der Waals surface area contributed by atoms with E-state index in [1.165, 1.54) is 0 Å². The SMILES string of the molecule is COc1ccc(C=NNC(=O)c2oc(-c3ccccc3OC)nc2C)cc1C. The molecule has 7 nitrogen and oxygen atoms in total. The third kappa shape index (κ3) is 4.03. The van der Waals surface area contributed by atoms with E-state index in [1.54, 1.807) is 33.4 Å². The first-order chi connectivity index (χ1) is 13.5. The molecule has 1 N–H and O–H groups in total. The van der Waals surface area contributed by atoms with Crippen molar-refractivity contribution in [3.8, 4) is 23.0 Å². The number of rotatable bonds is 6. The van der Waals surface area contributed by atoms with Gasteiger partial charge < -0.3 is 13.9 Å². The summed E-state index contributed by atoms with van der Waals surface area (Å²) in [5.74, 6) is 1.34. The number of aryl methyl sites for hydroxylation is 2. The summed E-state index contributed by atoms with van der Waals surface area (Å²) < 4.78 is 16.2. The number of oxazole rings is 1. The highest BCUT2D eigenvalue weighted by molar-refractivity contribution is 5.93. The summed E-state index contributed by atoms with van der Waals surface area (Å²) in [6.07, 6.45) is 1.55. The van der Waals surface area contributed by atoms with Gasteiger partial charge in [-0.2, -0.15) is 5.10 Å². The molecule has 7 heteroatoms. The van der Waals surface area contributed by atoms with Crippen LogP contribution in [0.3, 0.4) is 0 Å². The van der Waals surface area contributed by atoms with Gasteiger partial charge in [0.15, 0.2) is 0 Å². The van der Waals surface area contributed by atoms with Crippen molar-refractivity contribution >= 4 is 12.1 Å². The average Bonchev–Trinajstić information content (AvgIpc) is 3.09. The Morgan fingerprint density at radius 3 is 2.57 bits per heavy atom. The Kier molecular flexibility index (Phi) is 5.74. The molecule has 0 aliphatic heterocycles. The molecular formula is C21H21N3O4. The van der Waals surface area contributed by atoms with E-state index < -0.39 is 5.91 Å². The second-order valence-electron chi connectivity index (χ2n) is 6.06. The largest absolute Gasteiger partial charge is 0.496 e. The Morgan fingerprint density at radius 2 is 1.86 bits per heavy atom. The van der Waals surface area contributed by atoms with Crippen molar-refractivity contribution in [1.29, 1.82) is 0 Å². The Balaban J connectivity index is 1.75. The molecule has 0 saturated carbocycles. The highest BCUT2D eigenvalue weighted by Crippen LogP contribution is 2.30. The van der Waals surface area contributed by atoms with Gasteiger partial charge in [0.25, 0.3) is 0 Å². The maximum Gasteiger partial charge on any atom is 0.309 e. The van der Waals surface area contributed by atoms with Crippen LogP contribution in [0, 0.1) is 13.8 Å². The molecule has 0 saturated heterocycles. The number of para-hydroxylation sites is 1. The minimum atomic E-state index is -0.479. The summed E-state index contributed by atoms with van der Waals surface area (Å²) in [6, 6.07) is 12.9. The van der Waals surface area contributed by atoms with Crippen molar-refractivity contribution in [1.82, 2.24) is 10.4 Å². The van der Waals surface area contributed by atoms with Crippen LogP contribution in [0.25, 0.3) is 11.5 Å². The molecule has 144 valence electrons. The Labute approximate surface area is 163 Å². The van der Waals surface area contributed by atoms with Gasteiger partial charge in [0, 0.05) is 0 Å². The highest BCUT2D eigenvalue weighted by atomic mass is 16.5. The van der Waals surface area contributed by atoms with Crippen molar-refractivity contribution < 1.29 is 18.7 Å². The second-order valence-corrected chi connectivity index (χ2v) is 6.06. The molecule has 3 aromatic rings. The zero-order valence-electron chi connectivity index (χ0n) is 16.1. The number of nitrogens with one attached hydrogen (secondary N) is 1. The van der Waals surface area contributed by atoms with Crippen LogP contribution in [0.2, 0.25) is 0 Å². The van der Waals surface area contributed by atoms with E-state index in [0.717, 1.165) is 16.9 Å². The van der Waals surface area contributed by atoms with E-state index >= 15 is 0 Å². The van der Waals surface area contributed by atoms with Crippen molar-refractivity contribution in [2.24, 2.45) is 5.10 Å². The van der Waals surface area contributed by atoms with Crippen LogP contribution < -0.4 is 14.9 Å². The van der Waals surface area contributed by atoms with E-state index in [2.05, 4.69) is 15.5 Å². The number of benzene rings is 2. The molecule has 0 aliphatic carbocycles. The van der Waals surface area contributed by atoms with Crippen LogP contribution in [-0.4, -0.2) is 31.3 Å². The predicted molar refractivity (Wildman–Crippen MR) is 106 cm³/mol. The Bertz CT molecular complexity index is 1020. The zero-order valence-corrected chi connectivity index (χ0v) is 16.1. The number of aromatic nitrogens is 1. The maximum absolute atomic E-state index is 12.4. The number of carbonyl (C=O) groups is 1. The summed E-state index contributed by atoms with van der Waals surface area (Å²) in [5.41, 5.74) is 5.41. The third-order valence-electron chi connectivity index (χ3n) is 4.14. The summed E-state index contributed by atoms with van der Waals surface area (Å²) >= 11 is 0. The number of methoxy groups -OCH3 is 2. The molecule has 0 fully saturated rings. The molecule has 1 aromatic heterocycles. The number of hydrogen-bond acceptors (Lipinski definition) is 6. The third-order valence-corrected chi connectivity index (χ3v) is 4.14. The van der Waals surface area contributed by atoms with Crippen LogP contribution in [0.4, 0.5) is 0 Å². The molecule has 0 bridgehead atoms. The molecule has 0 spiro atoms. The lowest BCUT2D eigenvalue weighted by atomic mass is 10.1. The van der Waals surface area contributed by atoms with Crippen LogP contribution in [0.1, 0.15) is 27.4 Å². The monoisotopic (exact) mass is 379 g/mol. The van der Waals surface area contributed by atoms with Gasteiger partial charge >= 0.3 is 5.91 Å². The molecular weight excluding hydrogens is 358 g/mol. The minimum absolute atomic E-state index is 0.101. The summed E-state index contributed by atoms with van der Waals surface area (Å²) in [7, 11) is 3.19. The van der Waals surface area contributed by atoms with Gasteiger partial charge in [-0.25, -0.2) is 10.4 Å². The topological polar surface area (TPSA) is 86.0 Å². The van der Waals surface area contributed by atoms with Gasteiger partial charge in [-0.1, -0.05) is 12.1 Å². The van der Waals surface area contributed by atoms with E-state index in [4.69, 9.17) is 13.9 Å². The van der Waals surface area contributed by atoms with E-state index in [-0.39, 0.29) is 5.76 Å². The molecule has 2 aromatic carbocycles. The molecule has 0 atom stereocenters. The summed E-state index contributed by atoms with van der Waals surface area (Å²) in [6.45, 7) is 3.64. The Morgan fingerprint density at radius 1 is 1.11 bits per heavy atom. The van der Waals surface area contributed by atoms with E-state index in [9.17, 15) is 4.79 Å². The van der Waals surface area contributed by atoms with Crippen LogP contribution in [-0.2, 0) is 0 Å². The molecule has 3 rings (SSSR count). The van der Waals surface area contributed by atoms with Crippen LogP contribution >= 0.6 is 0 Å². The normalized spacial score (nSPS) is 10.9. The molecule has 28 heavy (non-hydrogen) atoms. The van der Waals surface area contributed by atoms with Crippen LogP contribution in [0.5, 0.6) is 11.5 Å². The van der Waals surface area contributed by atoms with Gasteiger partial charge in [-0.05, 0) is 55.3 Å². The molecule has 1 heterocycles. The fourth-order valence-electron chi connectivity index (χ4n) is 2.74. The van der Waals surface area contributed by atoms with Gasteiger partial charge in [-0.3, -0.25) is 4.79 Å². The van der Waals surface area contributed by atoms with Gasteiger partial charge in [0.2, 0.25) is 11.7 Å². The predicted octanol–water partition coefficient (Wildman–Crippen LogP) is 3.74. The fourth-order valence-corrected chi connectivity index (χ4v) is 2.74. The van der Waals surface area contributed by atoms with E-state index in [0.29, 0.717) is 22.9 Å². The number of ether oxygens (including phenoxy) is 2. The van der Waals surface area contributed by atoms with Gasteiger partial charge in [-0.15, -0.1) is 0 Å². The van der Waals surface area contributed by atoms with Crippen molar-refractivity contribution in [2.75, 3.05) is 14.2 Å². The van der Waals surface area contributed by atoms with Gasteiger partial charge in [0.05, 0.1) is 31.7 Å². The lowest BCUT2D eigenvalue weighted by Crippen LogP contribution is -2.17. The van der Waals surface area contributed by atoms with Crippen molar-refractivity contribution in [3.05, 3.63) is 65.0 Å². The first kappa shape index (κ1) is 19.2. The average molecular weight is 379 g/mol. The quantitative estimate of drug-likeness (QED) is 0.521. The first-order valence-electron chi connectivity index (χ1n) is 8.62. The van der Waals surface area contributed by atoms with Gasteiger partial charge in [0.1, 0.15) is 11.5 Å².